The van der Waals surface area contributed by atoms with Gasteiger partial charge in [-0.1, -0.05) is 11.6 Å². The quantitative estimate of drug-likeness (QED) is 0.684. The van der Waals surface area contributed by atoms with Crippen molar-refractivity contribution in [2.24, 2.45) is 0 Å². The van der Waals surface area contributed by atoms with Gasteiger partial charge in [0, 0.05) is 31.1 Å². The number of aromatic carboxylic acids is 2. The zero-order valence-corrected chi connectivity index (χ0v) is 16.2. The SMILES string of the molecule is CN1CCC(=C2c3cc(C(=O)O)ccc3C=Cn3cc(C(=O)O)cc32)CC1.Cl. The van der Waals surface area contributed by atoms with Crippen LogP contribution in [0.1, 0.15) is 50.4 Å². The fraction of sp³-hybridized carbons (Fsp3) is 0.238. The Balaban J connectivity index is 0.00000225. The Hall–Kier alpha value is -2.83. The number of hydrogen-bond donors (Lipinski definition) is 2. The van der Waals surface area contributed by atoms with Crippen molar-refractivity contribution in [3.8, 4) is 0 Å². The molecule has 1 fully saturated rings. The maximum absolute atomic E-state index is 11.5. The molecule has 2 aliphatic rings. The number of aromatic nitrogens is 1. The monoisotopic (exact) mass is 400 g/mol. The lowest BCUT2D eigenvalue weighted by Gasteiger charge is -2.27. The number of nitrogens with zero attached hydrogens (tertiary/aromatic N) is 2. The van der Waals surface area contributed by atoms with Gasteiger partial charge in [0.1, 0.15) is 0 Å². The first-order chi connectivity index (χ1) is 12.9. The minimum absolute atomic E-state index is 0. The zero-order valence-electron chi connectivity index (χ0n) is 15.4. The van der Waals surface area contributed by atoms with Crippen LogP contribution in [0, 0.1) is 0 Å². The van der Waals surface area contributed by atoms with Gasteiger partial charge in [0.05, 0.1) is 16.8 Å². The number of benzene rings is 1. The highest BCUT2D eigenvalue weighted by Gasteiger charge is 2.24. The van der Waals surface area contributed by atoms with Crippen molar-refractivity contribution in [2.45, 2.75) is 12.8 Å². The van der Waals surface area contributed by atoms with Gasteiger partial charge in [-0.15, -0.1) is 12.4 Å². The van der Waals surface area contributed by atoms with Crippen LogP contribution in [0.5, 0.6) is 0 Å². The lowest BCUT2D eigenvalue weighted by atomic mass is 9.88. The molecule has 3 heterocycles. The minimum Gasteiger partial charge on any atom is -0.478 e. The van der Waals surface area contributed by atoms with Gasteiger partial charge in [0.2, 0.25) is 0 Å². The number of piperidine rings is 1. The van der Waals surface area contributed by atoms with E-state index in [0.29, 0.717) is 0 Å². The van der Waals surface area contributed by atoms with E-state index in [1.165, 1.54) is 5.57 Å². The van der Waals surface area contributed by atoms with Crippen LogP contribution in [0.3, 0.4) is 0 Å². The molecule has 0 saturated carbocycles. The Kier molecular flexibility index (Phi) is 5.45. The number of hydrogen-bond acceptors (Lipinski definition) is 3. The Morgan fingerprint density at radius 3 is 2.32 bits per heavy atom. The molecule has 1 saturated heterocycles. The number of fused-ring (bicyclic) bond motifs is 2. The molecule has 0 radical (unpaired) electrons. The summed E-state index contributed by atoms with van der Waals surface area (Å²) in [6.07, 6.45) is 7.09. The van der Waals surface area contributed by atoms with Crippen LogP contribution in [0.2, 0.25) is 0 Å². The molecule has 0 atom stereocenters. The third-order valence-electron chi connectivity index (χ3n) is 5.28. The van der Waals surface area contributed by atoms with E-state index in [1.807, 2.05) is 22.9 Å². The van der Waals surface area contributed by atoms with Gasteiger partial charge < -0.3 is 19.7 Å². The number of carbonyl (C=O) groups is 2. The van der Waals surface area contributed by atoms with Crippen molar-refractivity contribution in [1.29, 1.82) is 0 Å². The molecule has 6 nitrogen and oxygen atoms in total. The molecule has 2 aromatic rings. The van der Waals surface area contributed by atoms with E-state index in [4.69, 9.17) is 0 Å². The number of likely N-dealkylation sites (tertiary alicyclic amines) is 1. The topological polar surface area (TPSA) is 82.8 Å². The fourth-order valence-electron chi connectivity index (χ4n) is 3.78. The molecule has 1 aromatic heterocycles. The van der Waals surface area contributed by atoms with E-state index >= 15 is 0 Å². The number of carboxylic acid groups (broad SMARTS) is 2. The van der Waals surface area contributed by atoms with E-state index in [9.17, 15) is 19.8 Å². The highest BCUT2D eigenvalue weighted by molar-refractivity contribution is 5.96. The molecule has 4 rings (SSSR count). The number of carboxylic acids is 2. The fourth-order valence-corrected chi connectivity index (χ4v) is 3.78. The van der Waals surface area contributed by atoms with Gasteiger partial charge >= 0.3 is 11.9 Å². The van der Waals surface area contributed by atoms with E-state index < -0.39 is 11.9 Å². The van der Waals surface area contributed by atoms with Gasteiger partial charge in [-0.2, -0.15) is 0 Å². The van der Waals surface area contributed by atoms with Crippen molar-refractivity contribution in [2.75, 3.05) is 20.1 Å². The highest BCUT2D eigenvalue weighted by Crippen LogP contribution is 2.38. The van der Waals surface area contributed by atoms with Crippen LogP contribution < -0.4 is 0 Å². The molecule has 1 aromatic carbocycles. The first kappa shape index (κ1) is 19.9. The third-order valence-corrected chi connectivity index (χ3v) is 5.28. The average Bonchev–Trinajstić information content (AvgIpc) is 3.00. The molecule has 0 aliphatic carbocycles. The van der Waals surface area contributed by atoms with Gasteiger partial charge in [-0.25, -0.2) is 9.59 Å². The van der Waals surface area contributed by atoms with E-state index in [-0.39, 0.29) is 23.5 Å². The summed E-state index contributed by atoms with van der Waals surface area (Å²) in [6.45, 7) is 1.85. The molecule has 0 bridgehead atoms. The molecule has 146 valence electrons. The predicted molar refractivity (Wildman–Crippen MR) is 110 cm³/mol. The second-order valence-electron chi connectivity index (χ2n) is 7.03. The molecule has 0 spiro atoms. The largest absolute Gasteiger partial charge is 0.478 e. The Bertz CT molecular complexity index is 1010. The van der Waals surface area contributed by atoms with E-state index in [1.54, 1.807) is 24.4 Å². The third kappa shape index (κ3) is 3.48. The molecular weight excluding hydrogens is 380 g/mol. The van der Waals surface area contributed by atoms with Crippen LogP contribution >= 0.6 is 12.4 Å². The lowest BCUT2D eigenvalue weighted by Crippen LogP contribution is -2.27. The molecule has 7 heteroatoms. The van der Waals surface area contributed by atoms with Crippen molar-refractivity contribution in [3.05, 3.63) is 64.0 Å². The summed E-state index contributed by atoms with van der Waals surface area (Å²) in [5.74, 6) is -1.95. The summed E-state index contributed by atoms with van der Waals surface area (Å²) in [7, 11) is 2.08. The van der Waals surface area contributed by atoms with Crippen LogP contribution in [0.25, 0.3) is 17.8 Å². The molecular formula is C21H21ClN2O4. The lowest BCUT2D eigenvalue weighted by molar-refractivity contribution is 0.0686. The molecule has 2 aliphatic heterocycles. The second kappa shape index (κ2) is 7.66. The van der Waals surface area contributed by atoms with Gasteiger partial charge in [0.25, 0.3) is 0 Å². The predicted octanol–water partition coefficient (Wildman–Crippen LogP) is 3.78. The summed E-state index contributed by atoms with van der Waals surface area (Å²) in [5, 5.41) is 18.8. The van der Waals surface area contributed by atoms with Crippen molar-refractivity contribution < 1.29 is 19.8 Å². The Labute approximate surface area is 168 Å². The van der Waals surface area contributed by atoms with Crippen molar-refractivity contribution in [3.63, 3.8) is 0 Å². The standard InChI is InChI=1S/C21H20N2O4.ClH/c1-22-7-4-14(5-8-22)19-17-10-15(20(24)25)3-2-13(17)6-9-23-12-16(21(26)27)11-18(19)23;/h2-3,6,9-12H,4-5,7-8H2,1H3,(H,24,25)(H,26,27);1H. The Morgan fingerprint density at radius 1 is 1.00 bits per heavy atom. The number of rotatable bonds is 2. The van der Waals surface area contributed by atoms with Crippen LogP contribution in [0.15, 0.2) is 36.0 Å². The highest BCUT2D eigenvalue weighted by atomic mass is 35.5. The first-order valence-corrected chi connectivity index (χ1v) is 8.86. The maximum Gasteiger partial charge on any atom is 0.337 e. The summed E-state index contributed by atoms with van der Waals surface area (Å²) in [6, 6.07) is 6.79. The van der Waals surface area contributed by atoms with E-state index in [0.717, 1.165) is 48.3 Å². The molecule has 0 unspecified atom stereocenters. The normalized spacial score (nSPS) is 16.0. The van der Waals surface area contributed by atoms with Crippen molar-refractivity contribution >= 4 is 42.2 Å². The van der Waals surface area contributed by atoms with Gasteiger partial charge in [0.15, 0.2) is 0 Å². The Morgan fingerprint density at radius 2 is 1.68 bits per heavy atom. The summed E-state index contributed by atoms with van der Waals surface area (Å²) >= 11 is 0. The maximum atomic E-state index is 11.5. The summed E-state index contributed by atoms with van der Waals surface area (Å²) < 4.78 is 1.82. The second-order valence-corrected chi connectivity index (χ2v) is 7.03. The van der Waals surface area contributed by atoms with E-state index in [2.05, 4.69) is 11.9 Å². The summed E-state index contributed by atoms with van der Waals surface area (Å²) in [5.41, 5.74) is 5.21. The zero-order chi connectivity index (χ0) is 19.1. The van der Waals surface area contributed by atoms with Crippen LogP contribution in [-0.2, 0) is 0 Å². The smallest absolute Gasteiger partial charge is 0.337 e. The number of halogens is 1. The first-order valence-electron chi connectivity index (χ1n) is 8.86. The summed E-state index contributed by atoms with van der Waals surface area (Å²) in [4.78, 5) is 25.3. The van der Waals surface area contributed by atoms with Gasteiger partial charge in [-0.3, -0.25) is 0 Å². The van der Waals surface area contributed by atoms with Crippen LogP contribution in [0.4, 0.5) is 0 Å². The molecule has 0 amide bonds. The molecule has 28 heavy (non-hydrogen) atoms. The minimum atomic E-state index is -0.976. The van der Waals surface area contributed by atoms with Gasteiger partial charge in [-0.05, 0) is 55.3 Å². The van der Waals surface area contributed by atoms with Crippen molar-refractivity contribution in [1.82, 2.24) is 9.47 Å². The molecule has 2 N–H and O–H groups in total. The average molecular weight is 401 g/mol. The van der Waals surface area contributed by atoms with Crippen LogP contribution in [-0.4, -0.2) is 51.8 Å².